The first-order valence-corrected chi connectivity index (χ1v) is 10.1. The molecule has 22 heavy (non-hydrogen) atoms. The van der Waals surface area contributed by atoms with Gasteiger partial charge in [0, 0.05) is 30.5 Å². The van der Waals surface area contributed by atoms with Gasteiger partial charge in [0.05, 0.1) is 6.54 Å². The van der Waals surface area contributed by atoms with Crippen LogP contribution in [0.2, 0.25) is 0 Å². The summed E-state index contributed by atoms with van der Waals surface area (Å²) in [4.78, 5) is 4.87. The normalized spacial score (nSPS) is 19.7. The molecule has 0 aromatic rings. The Labute approximate surface area is 141 Å². The summed E-state index contributed by atoms with van der Waals surface area (Å²) in [5.41, 5.74) is 0. The number of aliphatic imine (C=N–C) groups is 1. The minimum Gasteiger partial charge on any atom is -0.381 e. The Kier molecular flexibility index (Phi) is 9.96. The van der Waals surface area contributed by atoms with Gasteiger partial charge >= 0.3 is 0 Å². The summed E-state index contributed by atoms with van der Waals surface area (Å²) in [6, 6.07) is 0.476. The number of rotatable bonds is 9. The molecule has 4 nitrogen and oxygen atoms in total. The number of nitrogens with one attached hydrogen (secondary N) is 2. The average Bonchev–Trinajstić information content (AvgIpc) is 2.54. The van der Waals surface area contributed by atoms with Crippen molar-refractivity contribution < 1.29 is 4.74 Å². The summed E-state index contributed by atoms with van der Waals surface area (Å²) in [6.45, 7) is 10.1. The third kappa shape index (κ3) is 7.23. The highest BCUT2D eigenvalue weighted by Crippen LogP contribution is 2.33. The molecule has 0 radical (unpaired) electrons. The first kappa shape index (κ1) is 19.6. The van der Waals surface area contributed by atoms with Crippen LogP contribution in [-0.4, -0.2) is 49.3 Å². The third-order valence-corrected chi connectivity index (χ3v) is 5.73. The molecule has 130 valence electrons. The highest BCUT2D eigenvalue weighted by atomic mass is 32.2. The zero-order chi connectivity index (χ0) is 16.3. The van der Waals surface area contributed by atoms with E-state index in [4.69, 9.17) is 9.73 Å². The molecule has 0 aromatic heterocycles. The van der Waals surface area contributed by atoms with Crippen molar-refractivity contribution in [3.63, 3.8) is 0 Å². The smallest absolute Gasteiger partial charge is 0.191 e. The maximum Gasteiger partial charge on any atom is 0.191 e. The molecule has 1 heterocycles. The van der Waals surface area contributed by atoms with Gasteiger partial charge in [-0.1, -0.05) is 26.2 Å². The predicted molar refractivity (Wildman–Crippen MR) is 99.0 cm³/mol. The van der Waals surface area contributed by atoms with Crippen LogP contribution in [0.1, 0.15) is 59.3 Å². The van der Waals surface area contributed by atoms with E-state index in [0.717, 1.165) is 45.1 Å². The molecule has 0 aromatic carbocycles. The summed E-state index contributed by atoms with van der Waals surface area (Å²) in [5.74, 6) is 0.964. The average molecular weight is 330 g/mol. The Morgan fingerprint density at radius 2 is 2.00 bits per heavy atom. The van der Waals surface area contributed by atoms with E-state index in [1.165, 1.54) is 25.7 Å². The van der Waals surface area contributed by atoms with Crippen molar-refractivity contribution in [2.75, 3.05) is 32.6 Å². The van der Waals surface area contributed by atoms with Crippen LogP contribution in [0, 0.1) is 0 Å². The van der Waals surface area contributed by atoms with Crippen LogP contribution >= 0.6 is 11.8 Å². The number of guanidine groups is 1. The van der Waals surface area contributed by atoms with Gasteiger partial charge in [0.1, 0.15) is 0 Å². The Balaban J connectivity index is 2.52. The largest absolute Gasteiger partial charge is 0.381 e. The van der Waals surface area contributed by atoms with Crippen LogP contribution in [0.3, 0.4) is 0 Å². The first-order valence-electron chi connectivity index (χ1n) is 8.83. The fraction of sp³-hybridized carbons (Fsp3) is 0.941. The zero-order valence-corrected chi connectivity index (χ0v) is 15.7. The van der Waals surface area contributed by atoms with Crippen LogP contribution < -0.4 is 10.6 Å². The van der Waals surface area contributed by atoms with Crippen LogP contribution in [-0.2, 0) is 4.74 Å². The molecule has 1 saturated heterocycles. The fourth-order valence-corrected chi connectivity index (χ4v) is 3.49. The molecule has 5 heteroatoms. The van der Waals surface area contributed by atoms with Crippen LogP contribution in [0.15, 0.2) is 4.99 Å². The Hall–Kier alpha value is -0.420. The van der Waals surface area contributed by atoms with Gasteiger partial charge < -0.3 is 15.4 Å². The molecule has 1 aliphatic rings. The summed E-state index contributed by atoms with van der Waals surface area (Å²) in [5, 5.41) is 6.94. The van der Waals surface area contributed by atoms with E-state index in [-0.39, 0.29) is 4.75 Å². The maximum absolute atomic E-state index is 5.51. The van der Waals surface area contributed by atoms with Crippen molar-refractivity contribution in [3.05, 3.63) is 0 Å². The number of hydrogen-bond donors (Lipinski definition) is 2. The van der Waals surface area contributed by atoms with Crippen molar-refractivity contribution in [1.82, 2.24) is 10.6 Å². The topological polar surface area (TPSA) is 45.7 Å². The molecule has 1 rings (SSSR count). The molecule has 1 unspecified atom stereocenters. The standard InChI is InChI=1S/C17H35N3OS/c1-5-7-8-9-15(3)20-16(18-6-2)19-14-17(22-4)10-12-21-13-11-17/h15H,5-14H2,1-4H3,(H2,18,19,20). The molecule has 0 amide bonds. The Bertz CT molecular complexity index is 317. The van der Waals surface area contributed by atoms with Gasteiger partial charge in [-0.3, -0.25) is 4.99 Å². The van der Waals surface area contributed by atoms with Crippen molar-refractivity contribution in [1.29, 1.82) is 0 Å². The van der Waals surface area contributed by atoms with E-state index in [2.05, 4.69) is 37.7 Å². The lowest BCUT2D eigenvalue weighted by atomic mass is 9.99. The molecular formula is C17H35N3OS. The van der Waals surface area contributed by atoms with Gasteiger partial charge in [0.25, 0.3) is 0 Å². The molecule has 0 bridgehead atoms. The highest BCUT2D eigenvalue weighted by Gasteiger charge is 2.31. The third-order valence-electron chi connectivity index (χ3n) is 4.33. The van der Waals surface area contributed by atoms with E-state index in [1.54, 1.807) is 0 Å². The van der Waals surface area contributed by atoms with Crippen molar-refractivity contribution >= 4 is 17.7 Å². The van der Waals surface area contributed by atoms with E-state index in [9.17, 15) is 0 Å². The molecule has 1 aliphatic heterocycles. The van der Waals surface area contributed by atoms with Crippen molar-refractivity contribution in [2.45, 2.75) is 70.1 Å². The molecule has 2 N–H and O–H groups in total. The second kappa shape index (κ2) is 11.2. The Morgan fingerprint density at radius 1 is 1.27 bits per heavy atom. The minimum atomic E-state index is 0.256. The SMILES string of the molecule is CCCCCC(C)NC(=NCC1(SC)CCOCC1)NCC. The second-order valence-electron chi connectivity index (χ2n) is 6.24. The van der Waals surface area contributed by atoms with Gasteiger partial charge in [0.15, 0.2) is 5.96 Å². The van der Waals surface area contributed by atoms with Gasteiger partial charge in [0.2, 0.25) is 0 Å². The van der Waals surface area contributed by atoms with Crippen molar-refractivity contribution in [2.24, 2.45) is 4.99 Å². The lowest BCUT2D eigenvalue weighted by Crippen LogP contribution is -2.44. The number of hydrogen-bond acceptors (Lipinski definition) is 3. The van der Waals surface area contributed by atoms with Crippen LogP contribution in [0.4, 0.5) is 0 Å². The van der Waals surface area contributed by atoms with Gasteiger partial charge in [-0.2, -0.15) is 11.8 Å². The summed E-state index contributed by atoms with van der Waals surface area (Å²) < 4.78 is 5.76. The molecule has 1 atom stereocenters. The van der Waals surface area contributed by atoms with E-state index >= 15 is 0 Å². The number of unbranched alkanes of at least 4 members (excludes halogenated alkanes) is 2. The molecule has 0 aliphatic carbocycles. The quantitative estimate of drug-likeness (QED) is 0.386. The predicted octanol–water partition coefficient (Wildman–Crippen LogP) is 3.42. The van der Waals surface area contributed by atoms with E-state index in [0.29, 0.717) is 6.04 Å². The minimum absolute atomic E-state index is 0.256. The van der Waals surface area contributed by atoms with Gasteiger partial charge in [-0.25, -0.2) is 0 Å². The molecule has 0 saturated carbocycles. The molecular weight excluding hydrogens is 294 g/mol. The first-order chi connectivity index (χ1) is 10.7. The van der Waals surface area contributed by atoms with E-state index in [1.807, 2.05) is 11.8 Å². The Morgan fingerprint density at radius 3 is 2.59 bits per heavy atom. The van der Waals surface area contributed by atoms with Gasteiger partial charge in [-0.15, -0.1) is 0 Å². The second-order valence-corrected chi connectivity index (χ2v) is 7.51. The molecule has 1 fully saturated rings. The monoisotopic (exact) mass is 329 g/mol. The summed E-state index contributed by atoms with van der Waals surface area (Å²) in [6.07, 6.45) is 9.49. The summed E-state index contributed by atoms with van der Waals surface area (Å²) >= 11 is 1.95. The number of ether oxygens (including phenoxy) is 1. The molecule has 0 spiro atoms. The fourth-order valence-electron chi connectivity index (χ4n) is 2.72. The van der Waals surface area contributed by atoms with Crippen molar-refractivity contribution in [3.8, 4) is 0 Å². The lowest BCUT2D eigenvalue weighted by Gasteiger charge is -2.34. The summed E-state index contributed by atoms with van der Waals surface area (Å²) in [7, 11) is 0. The van der Waals surface area contributed by atoms with E-state index < -0.39 is 0 Å². The zero-order valence-electron chi connectivity index (χ0n) is 14.9. The van der Waals surface area contributed by atoms with Gasteiger partial charge in [-0.05, 0) is 39.4 Å². The maximum atomic E-state index is 5.51. The lowest BCUT2D eigenvalue weighted by molar-refractivity contribution is 0.0794. The number of thioether (sulfide) groups is 1. The highest BCUT2D eigenvalue weighted by molar-refractivity contribution is 8.00. The van der Waals surface area contributed by atoms with Crippen LogP contribution in [0.5, 0.6) is 0 Å². The van der Waals surface area contributed by atoms with Crippen LogP contribution in [0.25, 0.3) is 0 Å². The number of nitrogens with zero attached hydrogens (tertiary/aromatic N) is 1.